The van der Waals surface area contributed by atoms with Crippen molar-refractivity contribution in [2.24, 2.45) is 0 Å². The molecular formula is C13H13BrO2. The van der Waals surface area contributed by atoms with Crippen LogP contribution >= 0.6 is 15.9 Å². The number of halogens is 1. The number of ether oxygens (including phenoxy) is 1. The molecule has 0 bridgehead atoms. The number of hydrogen-bond donors (Lipinski definition) is 0. The van der Waals surface area contributed by atoms with Crippen LogP contribution < -0.4 is 4.74 Å². The Morgan fingerprint density at radius 2 is 2.00 bits per heavy atom. The van der Waals surface area contributed by atoms with E-state index in [1.54, 1.807) is 0 Å². The highest BCUT2D eigenvalue weighted by Crippen LogP contribution is 2.39. The van der Waals surface area contributed by atoms with Crippen molar-refractivity contribution in [3.63, 3.8) is 0 Å². The summed E-state index contributed by atoms with van der Waals surface area (Å²) in [5, 5.41) is 0. The molecule has 0 amide bonds. The average Bonchev–Trinajstić information content (AvgIpc) is 2.62. The Balaban J connectivity index is 2.25. The zero-order valence-electron chi connectivity index (χ0n) is 9.01. The summed E-state index contributed by atoms with van der Waals surface area (Å²) in [4.78, 5) is 12.0. The fraction of sp³-hybridized carbons (Fsp3) is 0.462. The Bertz CT molecular complexity index is 465. The van der Waals surface area contributed by atoms with Crippen molar-refractivity contribution < 1.29 is 9.53 Å². The normalized spacial score (nSPS) is 18.7. The summed E-state index contributed by atoms with van der Waals surface area (Å²) >= 11 is 3.53. The highest BCUT2D eigenvalue weighted by atomic mass is 79.9. The van der Waals surface area contributed by atoms with Gasteiger partial charge in [-0.25, -0.2) is 0 Å². The molecule has 0 aromatic heterocycles. The van der Waals surface area contributed by atoms with Crippen LogP contribution in [0.2, 0.25) is 0 Å². The van der Waals surface area contributed by atoms with E-state index in [2.05, 4.69) is 22.0 Å². The molecule has 84 valence electrons. The second-order valence-corrected chi connectivity index (χ2v) is 5.28. The Morgan fingerprint density at radius 1 is 1.19 bits per heavy atom. The number of rotatable bonds is 0. The molecule has 16 heavy (non-hydrogen) atoms. The highest BCUT2D eigenvalue weighted by molar-refractivity contribution is 9.10. The predicted octanol–water partition coefficient (Wildman–Crippen LogP) is 3.29. The number of Topliss-reactive ketones (excluding diaryl/α,β-unsaturated/α-hetero) is 1. The fourth-order valence-electron chi connectivity index (χ4n) is 2.62. The van der Waals surface area contributed by atoms with Crippen LogP contribution in [0.5, 0.6) is 5.75 Å². The minimum atomic E-state index is 0.262. The molecule has 0 fully saturated rings. The van der Waals surface area contributed by atoms with Crippen molar-refractivity contribution >= 4 is 21.7 Å². The molecule has 1 aliphatic carbocycles. The van der Waals surface area contributed by atoms with Gasteiger partial charge >= 0.3 is 0 Å². The van der Waals surface area contributed by atoms with Crippen LogP contribution in [0.3, 0.4) is 0 Å². The van der Waals surface area contributed by atoms with E-state index in [0.717, 1.165) is 53.6 Å². The molecule has 0 unspecified atom stereocenters. The summed E-state index contributed by atoms with van der Waals surface area (Å²) < 4.78 is 6.64. The van der Waals surface area contributed by atoms with Gasteiger partial charge in [0.25, 0.3) is 0 Å². The van der Waals surface area contributed by atoms with Gasteiger partial charge in [0, 0.05) is 28.4 Å². The molecule has 1 aromatic rings. The van der Waals surface area contributed by atoms with E-state index in [1.165, 1.54) is 5.56 Å². The number of ketones is 1. The molecule has 0 radical (unpaired) electrons. The number of benzene rings is 1. The fourth-order valence-corrected chi connectivity index (χ4v) is 3.36. The number of fused-ring (bicyclic) bond motifs is 3. The first-order chi connectivity index (χ1) is 7.77. The van der Waals surface area contributed by atoms with Gasteiger partial charge in [-0.05, 0) is 30.9 Å². The van der Waals surface area contributed by atoms with E-state index in [0.29, 0.717) is 6.42 Å². The van der Waals surface area contributed by atoms with Crippen LogP contribution in [-0.2, 0) is 12.8 Å². The molecule has 1 aliphatic heterocycles. The molecule has 2 aliphatic rings. The van der Waals surface area contributed by atoms with Crippen LogP contribution in [0.4, 0.5) is 0 Å². The van der Waals surface area contributed by atoms with Crippen molar-refractivity contribution in [2.75, 3.05) is 6.61 Å². The minimum Gasteiger partial charge on any atom is -0.493 e. The smallest absolute Gasteiger partial charge is 0.164 e. The Kier molecular flexibility index (Phi) is 2.51. The topological polar surface area (TPSA) is 26.3 Å². The summed E-state index contributed by atoms with van der Waals surface area (Å²) in [6.07, 6.45) is 4.70. The highest BCUT2D eigenvalue weighted by Gasteiger charge is 2.26. The van der Waals surface area contributed by atoms with Crippen molar-refractivity contribution in [2.45, 2.75) is 32.1 Å². The summed E-state index contributed by atoms with van der Waals surface area (Å²) in [6.45, 7) is 0.756. The van der Waals surface area contributed by atoms with E-state index in [-0.39, 0.29) is 5.78 Å². The molecular weight excluding hydrogens is 268 g/mol. The molecule has 1 aromatic carbocycles. The molecule has 0 N–H and O–H groups in total. The van der Waals surface area contributed by atoms with Gasteiger partial charge in [0.2, 0.25) is 0 Å². The molecule has 3 rings (SSSR count). The van der Waals surface area contributed by atoms with E-state index in [9.17, 15) is 4.79 Å². The summed E-state index contributed by atoms with van der Waals surface area (Å²) in [5.41, 5.74) is 3.27. The second-order valence-electron chi connectivity index (χ2n) is 4.43. The Labute approximate surface area is 103 Å². The van der Waals surface area contributed by atoms with Crippen LogP contribution in [0.25, 0.3) is 0 Å². The predicted molar refractivity (Wildman–Crippen MR) is 65.2 cm³/mol. The standard InChI is InChI=1S/C13H13BrO2/c14-10-7-8-5-6-16-13(8)9-3-1-2-4-11(15)12(9)10/h7H,1-6H2. The molecule has 2 nitrogen and oxygen atoms in total. The van der Waals surface area contributed by atoms with Gasteiger partial charge in [0.05, 0.1) is 6.61 Å². The third-order valence-corrected chi connectivity index (χ3v) is 4.01. The third kappa shape index (κ3) is 1.49. The van der Waals surface area contributed by atoms with Crippen molar-refractivity contribution in [1.82, 2.24) is 0 Å². The van der Waals surface area contributed by atoms with E-state index >= 15 is 0 Å². The zero-order chi connectivity index (χ0) is 11.1. The lowest BCUT2D eigenvalue weighted by Crippen LogP contribution is -2.03. The summed E-state index contributed by atoms with van der Waals surface area (Å²) in [5.74, 6) is 1.26. The first-order valence-corrected chi connectivity index (χ1v) is 6.57. The van der Waals surface area contributed by atoms with Gasteiger partial charge in [-0.2, -0.15) is 0 Å². The molecule has 0 spiro atoms. The minimum absolute atomic E-state index is 0.262. The largest absolute Gasteiger partial charge is 0.493 e. The lowest BCUT2D eigenvalue weighted by molar-refractivity contribution is 0.0981. The first-order valence-electron chi connectivity index (χ1n) is 5.77. The van der Waals surface area contributed by atoms with Gasteiger partial charge in [0.1, 0.15) is 5.75 Å². The lowest BCUT2D eigenvalue weighted by Gasteiger charge is -2.12. The van der Waals surface area contributed by atoms with E-state index < -0.39 is 0 Å². The van der Waals surface area contributed by atoms with Gasteiger partial charge in [-0.15, -0.1) is 0 Å². The maximum Gasteiger partial charge on any atom is 0.164 e. The molecule has 0 atom stereocenters. The zero-order valence-corrected chi connectivity index (χ0v) is 10.6. The average molecular weight is 281 g/mol. The van der Waals surface area contributed by atoms with Gasteiger partial charge in [-0.1, -0.05) is 15.9 Å². The van der Waals surface area contributed by atoms with Gasteiger partial charge in [0.15, 0.2) is 5.78 Å². The second kappa shape index (κ2) is 3.88. The quantitative estimate of drug-likeness (QED) is 0.682. The number of hydrogen-bond acceptors (Lipinski definition) is 2. The SMILES string of the molecule is O=C1CCCCc2c3c(cc(Br)c21)CCO3. The van der Waals surface area contributed by atoms with Gasteiger partial charge in [-0.3, -0.25) is 4.79 Å². The summed E-state index contributed by atoms with van der Waals surface area (Å²) in [6, 6.07) is 2.06. The van der Waals surface area contributed by atoms with Crippen molar-refractivity contribution in [1.29, 1.82) is 0 Å². The Hall–Kier alpha value is -0.830. The van der Waals surface area contributed by atoms with Crippen LogP contribution in [0.1, 0.15) is 40.7 Å². The first kappa shape index (κ1) is 10.3. The van der Waals surface area contributed by atoms with Crippen LogP contribution in [-0.4, -0.2) is 12.4 Å². The molecule has 3 heteroatoms. The maximum atomic E-state index is 12.0. The van der Waals surface area contributed by atoms with Crippen molar-refractivity contribution in [3.8, 4) is 5.75 Å². The molecule has 0 saturated heterocycles. The number of carbonyl (C=O) groups is 1. The number of carbonyl (C=O) groups excluding carboxylic acids is 1. The Morgan fingerprint density at radius 3 is 2.88 bits per heavy atom. The third-order valence-electron chi connectivity index (χ3n) is 3.38. The molecule has 1 heterocycles. The monoisotopic (exact) mass is 280 g/mol. The van der Waals surface area contributed by atoms with Gasteiger partial charge < -0.3 is 4.74 Å². The van der Waals surface area contributed by atoms with Crippen molar-refractivity contribution in [3.05, 3.63) is 27.2 Å². The lowest BCUT2D eigenvalue weighted by atomic mass is 9.97. The van der Waals surface area contributed by atoms with Crippen LogP contribution in [0.15, 0.2) is 10.5 Å². The van der Waals surface area contributed by atoms with E-state index in [1.807, 2.05) is 0 Å². The maximum absolute atomic E-state index is 12.0. The molecule has 0 saturated carbocycles. The van der Waals surface area contributed by atoms with Crippen LogP contribution in [0, 0.1) is 0 Å². The summed E-state index contributed by atoms with van der Waals surface area (Å²) in [7, 11) is 0. The van der Waals surface area contributed by atoms with E-state index in [4.69, 9.17) is 4.74 Å².